The first kappa shape index (κ1) is 17.5. The van der Waals surface area contributed by atoms with Gasteiger partial charge in [-0.25, -0.2) is 4.79 Å². The third kappa shape index (κ3) is 3.53. The number of ether oxygens (including phenoxy) is 1. The number of carbonyl (C=O) groups is 2. The standard InChI is InChI=1S/C21H22N2O4/c24-20(25)13-22-9-11-23(12-10-22)21(26)27-14-19-17-7-3-1-5-15(17)16-6-2-4-8-18(16)19/h1-8,19H,9-14H2,(H,24,25). The summed E-state index contributed by atoms with van der Waals surface area (Å²) in [6, 6.07) is 16.5. The van der Waals surface area contributed by atoms with Gasteiger partial charge in [-0.1, -0.05) is 48.5 Å². The Bertz CT molecular complexity index is 813. The molecule has 4 rings (SSSR count). The number of carbonyl (C=O) groups excluding carboxylic acids is 2. The predicted molar refractivity (Wildman–Crippen MR) is 97.2 cm³/mol. The Morgan fingerprint density at radius 1 is 1.00 bits per heavy atom. The molecule has 27 heavy (non-hydrogen) atoms. The van der Waals surface area contributed by atoms with Crippen molar-refractivity contribution in [3.63, 3.8) is 0 Å². The van der Waals surface area contributed by atoms with E-state index in [0.29, 0.717) is 32.8 Å². The van der Waals surface area contributed by atoms with E-state index in [2.05, 4.69) is 24.3 Å². The molecular formula is C21H22N2O4. The number of rotatable bonds is 4. The molecule has 0 bridgehead atoms. The van der Waals surface area contributed by atoms with Gasteiger partial charge in [-0.3, -0.25) is 4.90 Å². The topological polar surface area (TPSA) is 74.1 Å². The zero-order chi connectivity index (χ0) is 18.8. The Morgan fingerprint density at radius 2 is 1.56 bits per heavy atom. The number of carboxylic acids is 1. The molecule has 0 radical (unpaired) electrons. The van der Waals surface area contributed by atoms with Crippen molar-refractivity contribution in [1.82, 2.24) is 4.90 Å². The van der Waals surface area contributed by atoms with E-state index < -0.39 is 5.97 Å². The third-order valence-corrected chi connectivity index (χ3v) is 5.46. The minimum Gasteiger partial charge on any atom is -0.544 e. The van der Waals surface area contributed by atoms with Crippen molar-refractivity contribution in [1.29, 1.82) is 0 Å². The number of aliphatic carboxylic acids is 1. The molecule has 1 amide bonds. The summed E-state index contributed by atoms with van der Waals surface area (Å²) in [5.74, 6) is -1.01. The van der Waals surface area contributed by atoms with Crippen LogP contribution in [0.4, 0.5) is 4.79 Å². The summed E-state index contributed by atoms with van der Waals surface area (Å²) in [7, 11) is 0. The second-order valence-electron chi connectivity index (χ2n) is 7.09. The highest BCUT2D eigenvalue weighted by atomic mass is 16.6. The van der Waals surface area contributed by atoms with E-state index in [1.807, 2.05) is 24.3 Å². The average molecular weight is 366 g/mol. The first-order valence-electron chi connectivity index (χ1n) is 9.27. The van der Waals surface area contributed by atoms with Crippen LogP contribution in [-0.4, -0.2) is 56.3 Å². The van der Waals surface area contributed by atoms with Gasteiger partial charge >= 0.3 is 6.09 Å². The lowest BCUT2D eigenvalue weighted by Crippen LogP contribution is -3.16. The smallest absolute Gasteiger partial charge is 0.410 e. The largest absolute Gasteiger partial charge is 0.544 e. The van der Waals surface area contributed by atoms with Gasteiger partial charge in [0.2, 0.25) is 0 Å². The van der Waals surface area contributed by atoms with Gasteiger partial charge in [0, 0.05) is 5.92 Å². The van der Waals surface area contributed by atoms with Gasteiger partial charge in [-0.05, 0) is 22.3 Å². The fourth-order valence-corrected chi connectivity index (χ4v) is 4.07. The zero-order valence-corrected chi connectivity index (χ0v) is 15.0. The molecular weight excluding hydrogens is 344 g/mol. The number of nitrogens with one attached hydrogen (secondary N) is 1. The number of hydrogen-bond acceptors (Lipinski definition) is 4. The van der Waals surface area contributed by atoms with Crippen molar-refractivity contribution in [3.8, 4) is 11.1 Å². The van der Waals surface area contributed by atoms with Crippen LogP contribution in [0.15, 0.2) is 48.5 Å². The van der Waals surface area contributed by atoms with E-state index in [9.17, 15) is 14.7 Å². The number of piperazine rings is 1. The average Bonchev–Trinajstić information content (AvgIpc) is 3.00. The van der Waals surface area contributed by atoms with Crippen molar-refractivity contribution >= 4 is 12.1 Å². The van der Waals surface area contributed by atoms with E-state index in [1.54, 1.807) is 4.90 Å². The van der Waals surface area contributed by atoms with Crippen LogP contribution in [0, 0.1) is 0 Å². The summed E-state index contributed by atoms with van der Waals surface area (Å²) in [4.78, 5) is 25.8. The molecule has 1 N–H and O–H groups in total. The Kier molecular flexibility index (Phi) is 4.81. The summed E-state index contributed by atoms with van der Waals surface area (Å²) in [6.07, 6.45) is -0.329. The molecule has 0 atom stereocenters. The van der Waals surface area contributed by atoms with E-state index in [1.165, 1.54) is 22.3 Å². The normalized spacial score (nSPS) is 16.7. The maximum absolute atomic E-state index is 12.5. The van der Waals surface area contributed by atoms with E-state index >= 15 is 0 Å². The minimum absolute atomic E-state index is 0.0153. The molecule has 1 saturated heterocycles. The summed E-state index contributed by atoms with van der Waals surface area (Å²) in [5.41, 5.74) is 4.78. The Balaban J connectivity index is 1.39. The molecule has 2 aliphatic rings. The molecule has 6 heteroatoms. The molecule has 6 nitrogen and oxygen atoms in total. The SMILES string of the molecule is O=C([O-])C[NH+]1CCN(C(=O)OCC2c3ccccc3-c3ccccc32)CC1. The lowest BCUT2D eigenvalue weighted by molar-refractivity contribution is -0.898. The fraction of sp³-hybridized carbons (Fsp3) is 0.333. The fourth-order valence-electron chi connectivity index (χ4n) is 4.07. The lowest BCUT2D eigenvalue weighted by atomic mass is 9.98. The maximum atomic E-state index is 12.5. The van der Waals surface area contributed by atoms with Crippen LogP contribution < -0.4 is 10.0 Å². The van der Waals surface area contributed by atoms with E-state index in [4.69, 9.17) is 4.74 Å². The lowest BCUT2D eigenvalue weighted by Gasteiger charge is -2.32. The molecule has 1 fully saturated rings. The highest BCUT2D eigenvalue weighted by Gasteiger charge is 2.30. The second kappa shape index (κ2) is 7.40. The predicted octanol–water partition coefficient (Wildman–Crippen LogP) is -0.114. The summed E-state index contributed by atoms with van der Waals surface area (Å²) in [5, 5.41) is 10.7. The first-order valence-corrected chi connectivity index (χ1v) is 9.27. The molecule has 2 aromatic carbocycles. The molecule has 1 aliphatic carbocycles. The van der Waals surface area contributed by atoms with Crippen molar-refractivity contribution in [2.45, 2.75) is 5.92 Å². The van der Waals surface area contributed by atoms with Gasteiger partial charge in [-0.2, -0.15) is 0 Å². The Labute approximate surface area is 158 Å². The van der Waals surface area contributed by atoms with Crippen LogP contribution in [-0.2, 0) is 9.53 Å². The number of quaternary nitrogens is 1. The van der Waals surface area contributed by atoms with Crippen LogP contribution in [0.3, 0.4) is 0 Å². The van der Waals surface area contributed by atoms with Crippen LogP contribution >= 0.6 is 0 Å². The van der Waals surface area contributed by atoms with Crippen molar-refractivity contribution in [3.05, 3.63) is 59.7 Å². The highest BCUT2D eigenvalue weighted by molar-refractivity contribution is 5.79. The molecule has 0 saturated carbocycles. The van der Waals surface area contributed by atoms with Crippen LogP contribution in [0.2, 0.25) is 0 Å². The Hall–Kier alpha value is -2.86. The number of benzene rings is 2. The molecule has 0 unspecified atom stereocenters. The van der Waals surface area contributed by atoms with Crippen LogP contribution in [0.5, 0.6) is 0 Å². The molecule has 2 aromatic rings. The van der Waals surface area contributed by atoms with Crippen molar-refractivity contribution < 1.29 is 24.3 Å². The quantitative estimate of drug-likeness (QED) is 0.819. The van der Waals surface area contributed by atoms with Gasteiger partial charge in [-0.15, -0.1) is 0 Å². The van der Waals surface area contributed by atoms with Crippen LogP contribution in [0.25, 0.3) is 11.1 Å². The van der Waals surface area contributed by atoms with E-state index in [0.717, 1.165) is 4.90 Å². The third-order valence-electron chi connectivity index (χ3n) is 5.46. The summed E-state index contributed by atoms with van der Waals surface area (Å²) < 4.78 is 5.64. The van der Waals surface area contributed by atoms with Gasteiger partial charge in [0.1, 0.15) is 13.2 Å². The van der Waals surface area contributed by atoms with Gasteiger partial charge < -0.3 is 19.5 Å². The molecule has 1 heterocycles. The number of carboxylic acid groups (broad SMARTS) is 1. The van der Waals surface area contributed by atoms with Gasteiger partial charge in [0.25, 0.3) is 0 Å². The van der Waals surface area contributed by atoms with Gasteiger partial charge in [0.05, 0.1) is 32.1 Å². The molecule has 0 aromatic heterocycles. The summed E-state index contributed by atoms with van der Waals surface area (Å²) in [6.45, 7) is 2.48. The van der Waals surface area contributed by atoms with Crippen molar-refractivity contribution in [2.75, 3.05) is 39.3 Å². The molecule has 140 valence electrons. The van der Waals surface area contributed by atoms with Crippen LogP contribution in [0.1, 0.15) is 17.0 Å². The minimum atomic E-state index is -1.06. The Morgan fingerprint density at radius 3 is 2.11 bits per heavy atom. The number of nitrogens with zero attached hydrogens (tertiary/aromatic N) is 1. The number of amides is 1. The molecule has 1 aliphatic heterocycles. The summed E-state index contributed by atoms with van der Waals surface area (Å²) >= 11 is 0. The van der Waals surface area contributed by atoms with E-state index in [-0.39, 0.29) is 18.6 Å². The zero-order valence-electron chi connectivity index (χ0n) is 15.0. The molecule has 0 spiro atoms. The highest BCUT2D eigenvalue weighted by Crippen LogP contribution is 2.44. The second-order valence-corrected chi connectivity index (χ2v) is 7.09. The monoisotopic (exact) mass is 366 g/mol. The van der Waals surface area contributed by atoms with Crippen molar-refractivity contribution in [2.24, 2.45) is 0 Å². The first-order chi connectivity index (χ1) is 13.1. The number of hydrogen-bond donors (Lipinski definition) is 1. The maximum Gasteiger partial charge on any atom is 0.410 e. The van der Waals surface area contributed by atoms with Gasteiger partial charge in [0.15, 0.2) is 0 Å². The number of fused-ring (bicyclic) bond motifs is 3.